The average molecular weight is 476 g/mol. The highest BCUT2D eigenvalue weighted by molar-refractivity contribution is 6.33. The molecule has 4 fully saturated rings. The highest BCUT2D eigenvalue weighted by atomic mass is 35.5. The van der Waals surface area contributed by atoms with Crippen molar-refractivity contribution < 1.29 is 9.90 Å². The number of benzene rings is 1. The summed E-state index contributed by atoms with van der Waals surface area (Å²) in [6.45, 7) is 0. The summed E-state index contributed by atoms with van der Waals surface area (Å²) in [6, 6.07) is 8.04. The molecule has 0 amide bonds. The van der Waals surface area contributed by atoms with Crippen LogP contribution in [0.5, 0.6) is 0 Å². The second-order valence-electron chi connectivity index (χ2n) is 10.2. The molecule has 7 rings (SSSR count). The van der Waals surface area contributed by atoms with E-state index in [-0.39, 0.29) is 5.56 Å². The van der Waals surface area contributed by atoms with Gasteiger partial charge in [0.25, 0.3) is 0 Å². The third-order valence-electron chi connectivity index (χ3n) is 7.85. The third-order valence-corrected chi connectivity index (χ3v) is 8.16. The van der Waals surface area contributed by atoms with Crippen LogP contribution in [0.25, 0.3) is 0 Å². The van der Waals surface area contributed by atoms with Crippen molar-refractivity contribution in [1.82, 2.24) is 15.0 Å². The maximum Gasteiger partial charge on any atom is 0.339 e. The Morgan fingerprint density at radius 3 is 2.24 bits per heavy atom. The number of hydrogen-bond acceptors (Lipinski definition) is 6. The van der Waals surface area contributed by atoms with Crippen molar-refractivity contribution in [3.63, 3.8) is 0 Å². The van der Waals surface area contributed by atoms with Crippen molar-refractivity contribution in [2.45, 2.75) is 43.9 Å². The minimum atomic E-state index is -1.07. The normalized spacial score (nSPS) is 26.9. The van der Waals surface area contributed by atoms with Crippen molar-refractivity contribution in [3.05, 3.63) is 65.2 Å². The molecule has 4 aliphatic rings. The minimum Gasteiger partial charge on any atom is -0.478 e. The molecule has 7 nitrogen and oxygen atoms in total. The first-order valence-electron chi connectivity index (χ1n) is 11.8. The SMILES string of the molecule is O=C(O)c1cnccc1Nc1ncc(Nc2ccc(C34CC5CC(CC(C5)C3)C4)cc2Cl)cn1. The number of carboxylic acids is 1. The van der Waals surface area contributed by atoms with E-state index in [1.165, 1.54) is 56.5 Å². The van der Waals surface area contributed by atoms with Gasteiger partial charge >= 0.3 is 5.97 Å². The quantitative estimate of drug-likeness (QED) is 0.391. The Hall–Kier alpha value is -3.19. The van der Waals surface area contributed by atoms with E-state index in [0.29, 0.717) is 27.8 Å². The molecular weight excluding hydrogens is 450 g/mol. The number of halogens is 1. The Morgan fingerprint density at radius 2 is 1.62 bits per heavy atom. The van der Waals surface area contributed by atoms with Crippen LogP contribution in [0.15, 0.2) is 49.1 Å². The molecule has 8 heteroatoms. The number of rotatable bonds is 6. The number of anilines is 4. The van der Waals surface area contributed by atoms with E-state index in [2.05, 4.69) is 43.8 Å². The highest BCUT2D eigenvalue weighted by Gasteiger charge is 2.51. The van der Waals surface area contributed by atoms with Gasteiger partial charge in [0.2, 0.25) is 5.95 Å². The molecular formula is C26H26ClN5O2. The lowest BCUT2D eigenvalue weighted by Crippen LogP contribution is -2.48. The lowest BCUT2D eigenvalue weighted by molar-refractivity contribution is -0.00518. The van der Waals surface area contributed by atoms with Crippen LogP contribution in [0.4, 0.5) is 23.0 Å². The number of aromatic carboxylic acids is 1. The molecule has 1 aromatic carbocycles. The molecule has 3 aromatic rings. The summed E-state index contributed by atoms with van der Waals surface area (Å²) in [7, 11) is 0. The van der Waals surface area contributed by atoms with Crippen LogP contribution in [0.3, 0.4) is 0 Å². The summed E-state index contributed by atoms with van der Waals surface area (Å²) in [5.74, 6) is 1.91. The van der Waals surface area contributed by atoms with Crippen molar-refractivity contribution in [1.29, 1.82) is 0 Å². The molecule has 0 radical (unpaired) electrons. The van der Waals surface area contributed by atoms with Gasteiger partial charge in [0.1, 0.15) is 5.56 Å². The summed E-state index contributed by atoms with van der Waals surface area (Å²) >= 11 is 6.73. The summed E-state index contributed by atoms with van der Waals surface area (Å²) in [5.41, 5.74) is 3.66. The van der Waals surface area contributed by atoms with E-state index in [1.54, 1.807) is 18.5 Å². The molecule has 4 aliphatic carbocycles. The lowest BCUT2D eigenvalue weighted by atomic mass is 9.48. The van der Waals surface area contributed by atoms with Gasteiger partial charge in [-0.3, -0.25) is 4.98 Å². The van der Waals surface area contributed by atoms with Crippen molar-refractivity contribution in [3.8, 4) is 0 Å². The molecule has 34 heavy (non-hydrogen) atoms. The first-order chi connectivity index (χ1) is 16.5. The van der Waals surface area contributed by atoms with Crippen LogP contribution in [0.1, 0.15) is 54.4 Å². The number of hydrogen-bond donors (Lipinski definition) is 3. The second-order valence-corrected chi connectivity index (χ2v) is 10.6. The van der Waals surface area contributed by atoms with E-state index in [4.69, 9.17) is 11.6 Å². The molecule has 0 saturated heterocycles. The van der Waals surface area contributed by atoms with Crippen molar-refractivity contribution in [2.75, 3.05) is 10.6 Å². The zero-order valence-electron chi connectivity index (χ0n) is 18.7. The highest BCUT2D eigenvalue weighted by Crippen LogP contribution is 2.61. The predicted octanol–water partition coefficient (Wildman–Crippen LogP) is 6.18. The van der Waals surface area contributed by atoms with E-state index in [1.807, 2.05) is 0 Å². The average Bonchev–Trinajstić information content (AvgIpc) is 2.81. The van der Waals surface area contributed by atoms with Gasteiger partial charge in [-0.2, -0.15) is 0 Å². The number of pyridine rings is 1. The van der Waals surface area contributed by atoms with E-state index in [9.17, 15) is 9.90 Å². The number of aromatic nitrogens is 3. The standard InChI is InChI=1S/C26H26ClN5O2/c27-21-8-18(26-9-15-5-16(10-26)7-17(6-15)11-26)1-2-23(21)31-19-12-29-25(30-13-19)32-22-3-4-28-14-20(22)24(33)34/h1-4,8,12-17,31H,5-7,9-11H2,(H,33,34)(H,28,29,30,32). The summed E-state index contributed by atoms with van der Waals surface area (Å²) in [4.78, 5) is 23.8. The molecule has 4 saturated carbocycles. The Balaban J connectivity index is 1.17. The Labute approximate surface area is 203 Å². The fourth-order valence-electron chi connectivity index (χ4n) is 6.82. The van der Waals surface area contributed by atoms with Crippen LogP contribution < -0.4 is 10.6 Å². The van der Waals surface area contributed by atoms with E-state index < -0.39 is 5.97 Å². The Kier molecular flexibility index (Phi) is 5.17. The number of carboxylic acid groups (broad SMARTS) is 1. The molecule has 0 atom stereocenters. The smallest absolute Gasteiger partial charge is 0.339 e. The van der Waals surface area contributed by atoms with Gasteiger partial charge in [-0.15, -0.1) is 0 Å². The van der Waals surface area contributed by atoms with Crippen molar-refractivity contribution in [2.24, 2.45) is 17.8 Å². The number of carbonyl (C=O) groups is 1. The molecule has 174 valence electrons. The van der Waals surface area contributed by atoms with Crippen LogP contribution in [-0.4, -0.2) is 26.0 Å². The molecule has 0 spiro atoms. The largest absolute Gasteiger partial charge is 0.478 e. The molecule has 4 bridgehead atoms. The van der Waals surface area contributed by atoms with Gasteiger partial charge in [0.15, 0.2) is 0 Å². The Bertz CT molecular complexity index is 1210. The fourth-order valence-corrected chi connectivity index (χ4v) is 7.05. The van der Waals surface area contributed by atoms with Gasteiger partial charge in [0, 0.05) is 12.4 Å². The van der Waals surface area contributed by atoms with Crippen LogP contribution in [-0.2, 0) is 5.41 Å². The molecule has 2 aromatic heterocycles. The maximum atomic E-state index is 11.4. The molecule has 2 heterocycles. The zero-order chi connectivity index (χ0) is 23.3. The minimum absolute atomic E-state index is 0.0548. The summed E-state index contributed by atoms with van der Waals surface area (Å²) < 4.78 is 0. The fraction of sp³-hybridized carbons (Fsp3) is 0.385. The van der Waals surface area contributed by atoms with Gasteiger partial charge < -0.3 is 15.7 Å². The maximum absolute atomic E-state index is 11.4. The van der Waals surface area contributed by atoms with Crippen LogP contribution >= 0.6 is 11.6 Å². The number of nitrogens with one attached hydrogen (secondary N) is 2. The zero-order valence-corrected chi connectivity index (χ0v) is 19.4. The van der Waals surface area contributed by atoms with Gasteiger partial charge in [-0.05, 0) is 85.5 Å². The topological polar surface area (TPSA) is 100 Å². The third kappa shape index (κ3) is 3.88. The summed E-state index contributed by atoms with van der Waals surface area (Å²) in [5, 5.41) is 16.2. The number of nitrogens with zero attached hydrogens (tertiary/aromatic N) is 3. The molecule has 0 aliphatic heterocycles. The first-order valence-corrected chi connectivity index (χ1v) is 12.2. The molecule has 0 unspecified atom stereocenters. The molecule has 3 N–H and O–H groups in total. The van der Waals surface area contributed by atoms with E-state index >= 15 is 0 Å². The predicted molar refractivity (Wildman–Crippen MR) is 131 cm³/mol. The lowest BCUT2D eigenvalue weighted by Gasteiger charge is -2.57. The van der Waals surface area contributed by atoms with Gasteiger partial charge in [0.05, 0.1) is 34.5 Å². The summed E-state index contributed by atoms with van der Waals surface area (Å²) in [6.07, 6.45) is 14.3. The van der Waals surface area contributed by atoms with Gasteiger partial charge in [-0.1, -0.05) is 17.7 Å². The van der Waals surface area contributed by atoms with Crippen LogP contribution in [0.2, 0.25) is 5.02 Å². The van der Waals surface area contributed by atoms with Gasteiger partial charge in [-0.25, -0.2) is 14.8 Å². The van der Waals surface area contributed by atoms with Crippen molar-refractivity contribution >= 4 is 40.6 Å². The Morgan fingerprint density at radius 1 is 0.941 bits per heavy atom. The van der Waals surface area contributed by atoms with E-state index in [0.717, 1.165) is 23.4 Å². The van der Waals surface area contributed by atoms with Crippen LogP contribution in [0, 0.1) is 17.8 Å². The first kappa shape index (κ1) is 21.4. The second kappa shape index (κ2) is 8.24. The monoisotopic (exact) mass is 475 g/mol.